The molecule has 2 heterocycles. The first-order valence-electron chi connectivity index (χ1n) is 10.9. The molecule has 6 nitrogen and oxygen atoms in total. The number of thiazole rings is 1. The smallest absolute Gasteiger partial charge is 0.234 e. The van der Waals surface area contributed by atoms with Crippen LogP contribution >= 0.6 is 23.1 Å². The van der Waals surface area contributed by atoms with Gasteiger partial charge in [0.1, 0.15) is 10.8 Å². The molecule has 32 heavy (non-hydrogen) atoms. The lowest BCUT2D eigenvalue weighted by Crippen LogP contribution is -2.14. The molecule has 0 aliphatic heterocycles. The molecule has 2 aromatic carbocycles. The third-order valence-corrected chi connectivity index (χ3v) is 7.97. The number of hydrogen-bond acceptors (Lipinski definition) is 6. The largest absolute Gasteiger partial charge is 0.325 e. The Hall–Kier alpha value is -2.71. The number of rotatable bonds is 6. The second-order valence-corrected chi connectivity index (χ2v) is 10.3. The third-order valence-electron chi connectivity index (χ3n) is 5.88. The van der Waals surface area contributed by atoms with E-state index < -0.39 is 0 Å². The van der Waals surface area contributed by atoms with E-state index in [2.05, 4.69) is 40.6 Å². The van der Waals surface area contributed by atoms with E-state index in [1.807, 2.05) is 35.9 Å². The van der Waals surface area contributed by atoms with Gasteiger partial charge in [0.15, 0.2) is 5.16 Å². The Balaban J connectivity index is 1.19. The monoisotopic (exact) mass is 463 g/mol. The van der Waals surface area contributed by atoms with Crippen LogP contribution in [0.2, 0.25) is 0 Å². The van der Waals surface area contributed by atoms with Gasteiger partial charge in [-0.3, -0.25) is 4.79 Å². The Morgan fingerprint density at radius 2 is 1.94 bits per heavy atom. The quantitative estimate of drug-likeness (QED) is 0.367. The Morgan fingerprint density at radius 3 is 2.72 bits per heavy atom. The molecule has 0 atom stereocenters. The van der Waals surface area contributed by atoms with Crippen molar-refractivity contribution >= 4 is 44.9 Å². The molecule has 8 heteroatoms. The van der Waals surface area contributed by atoms with E-state index in [1.54, 1.807) is 11.3 Å². The van der Waals surface area contributed by atoms with Crippen LogP contribution in [-0.2, 0) is 11.8 Å². The summed E-state index contributed by atoms with van der Waals surface area (Å²) in [5.74, 6) is 1.80. The molecule has 1 amide bonds. The van der Waals surface area contributed by atoms with Gasteiger partial charge in [-0.25, -0.2) is 4.98 Å². The van der Waals surface area contributed by atoms with Gasteiger partial charge in [0, 0.05) is 24.2 Å². The van der Waals surface area contributed by atoms with E-state index in [0.717, 1.165) is 32.8 Å². The highest BCUT2D eigenvalue weighted by Gasteiger charge is 2.23. The fraction of sp³-hybridized carbons (Fsp3) is 0.333. The van der Waals surface area contributed by atoms with Gasteiger partial charge in [-0.15, -0.1) is 21.5 Å². The molecule has 0 unspecified atom stereocenters. The topological polar surface area (TPSA) is 72.7 Å². The lowest BCUT2D eigenvalue weighted by Gasteiger charge is -2.09. The predicted molar refractivity (Wildman–Crippen MR) is 131 cm³/mol. The summed E-state index contributed by atoms with van der Waals surface area (Å²) in [5, 5.41) is 13.4. The molecule has 1 saturated carbocycles. The number of carbonyl (C=O) groups excluding carboxylic acids is 1. The second-order valence-electron chi connectivity index (χ2n) is 8.29. The highest BCUT2D eigenvalue weighted by molar-refractivity contribution is 7.99. The van der Waals surface area contributed by atoms with Crippen LogP contribution in [0.3, 0.4) is 0 Å². The molecule has 1 aliphatic carbocycles. The first kappa shape index (κ1) is 21.2. The van der Waals surface area contributed by atoms with Crippen LogP contribution in [0.15, 0.2) is 47.6 Å². The van der Waals surface area contributed by atoms with Gasteiger partial charge in [-0.05, 0) is 61.7 Å². The van der Waals surface area contributed by atoms with Crippen molar-refractivity contribution in [2.75, 3.05) is 11.1 Å². The van der Waals surface area contributed by atoms with Crippen LogP contribution in [0.5, 0.6) is 0 Å². The Bertz CT molecular complexity index is 1260. The lowest BCUT2D eigenvalue weighted by molar-refractivity contribution is -0.113. The number of benzene rings is 2. The van der Waals surface area contributed by atoms with E-state index in [9.17, 15) is 4.79 Å². The molecule has 1 N–H and O–H groups in total. The number of thioether (sulfide) groups is 1. The van der Waals surface area contributed by atoms with Crippen LogP contribution < -0.4 is 5.32 Å². The first-order chi connectivity index (χ1) is 15.6. The molecule has 5 rings (SSSR count). The normalized spacial score (nSPS) is 14.3. The molecule has 0 radical (unpaired) electrons. The van der Waals surface area contributed by atoms with E-state index in [1.165, 1.54) is 47.7 Å². The maximum atomic E-state index is 12.5. The Labute approximate surface area is 195 Å². The summed E-state index contributed by atoms with van der Waals surface area (Å²) in [4.78, 5) is 17.2. The van der Waals surface area contributed by atoms with Crippen LogP contribution in [0.25, 0.3) is 20.8 Å². The van der Waals surface area contributed by atoms with Crippen molar-refractivity contribution in [2.45, 2.75) is 43.7 Å². The number of aryl methyl sites for hydroxylation is 1. The molecule has 1 aliphatic rings. The van der Waals surface area contributed by atoms with Crippen molar-refractivity contribution in [3.05, 3.63) is 53.9 Å². The van der Waals surface area contributed by atoms with E-state index in [0.29, 0.717) is 11.7 Å². The molecule has 164 valence electrons. The maximum absolute atomic E-state index is 12.5. The standard InChI is InChI=1S/C24H25N5OS2/c1-15-7-12-19-20(13-15)32-23(26-19)17-8-10-18(11-9-17)25-21(30)14-31-24-28-27-22(29(24)2)16-5-3-4-6-16/h7-13,16H,3-6,14H2,1-2H3,(H,25,30). The third kappa shape index (κ3) is 4.42. The number of nitrogens with zero attached hydrogens (tertiary/aromatic N) is 4. The van der Waals surface area contributed by atoms with Crippen molar-refractivity contribution in [2.24, 2.45) is 7.05 Å². The summed E-state index contributed by atoms with van der Waals surface area (Å²) in [6.45, 7) is 2.09. The van der Waals surface area contributed by atoms with Gasteiger partial charge < -0.3 is 9.88 Å². The minimum atomic E-state index is -0.0522. The number of aromatic nitrogens is 4. The average molecular weight is 464 g/mol. The number of amides is 1. The number of nitrogens with one attached hydrogen (secondary N) is 1. The van der Waals surface area contributed by atoms with Gasteiger partial charge in [0.2, 0.25) is 5.91 Å². The van der Waals surface area contributed by atoms with Crippen LogP contribution in [0.4, 0.5) is 5.69 Å². The maximum Gasteiger partial charge on any atom is 0.234 e. The van der Waals surface area contributed by atoms with Crippen LogP contribution in [0, 0.1) is 6.92 Å². The van der Waals surface area contributed by atoms with E-state index in [-0.39, 0.29) is 5.91 Å². The van der Waals surface area contributed by atoms with Crippen LogP contribution in [-0.4, -0.2) is 31.4 Å². The summed E-state index contributed by atoms with van der Waals surface area (Å²) in [6.07, 6.45) is 4.90. The van der Waals surface area contributed by atoms with Crippen molar-refractivity contribution in [1.29, 1.82) is 0 Å². The van der Waals surface area contributed by atoms with Gasteiger partial charge >= 0.3 is 0 Å². The molecule has 0 spiro atoms. The minimum Gasteiger partial charge on any atom is -0.325 e. The summed E-state index contributed by atoms with van der Waals surface area (Å²) < 4.78 is 3.23. The zero-order chi connectivity index (χ0) is 22.1. The van der Waals surface area contributed by atoms with E-state index >= 15 is 0 Å². The van der Waals surface area contributed by atoms with Crippen LogP contribution in [0.1, 0.15) is 43.0 Å². The number of anilines is 1. The van der Waals surface area contributed by atoms with Gasteiger partial charge in [-0.1, -0.05) is 30.7 Å². The summed E-state index contributed by atoms with van der Waals surface area (Å²) in [7, 11) is 2.00. The zero-order valence-corrected chi connectivity index (χ0v) is 19.8. The molecular formula is C24H25N5OS2. The predicted octanol–water partition coefficient (Wildman–Crippen LogP) is 5.79. The average Bonchev–Trinajstić information content (AvgIpc) is 3.52. The highest BCUT2D eigenvalue weighted by atomic mass is 32.2. The first-order valence-corrected chi connectivity index (χ1v) is 12.7. The Kier molecular flexibility index (Phi) is 5.97. The molecule has 0 saturated heterocycles. The number of carbonyl (C=O) groups is 1. The fourth-order valence-electron chi connectivity index (χ4n) is 4.17. The molecule has 1 fully saturated rings. The lowest BCUT2D eigenvalue weighted by atomic mass is 10.1. The van der Waals surface area contributed by atoms with E-state index in [4.69, 9.17) is 4.98 Å². The SMILES string of the molecule is Cc1ccc2nc(-c3ccc(NC(=O)CSc4nnc(C5CCCC5)n4C)cc3)sc2c1. The minimum absolute atomic E-state index is 0.0522. The van der Waals surface area contributed by atoms with Gasteiger partial charge in [0.25, 0.3) is 0 Å². The molecular weight excluding hydrogens is 438 g/mol. The number of fused-ring (bicyclic) bond motifs is 1. The van der Waals surface area contributed by atoms with Crippen molar-refractivity contribution in [3.63, 3.8) is 0 Å². The highest BCUT2D eigenvalue weighted by Crippen LogP contribution is 2.34. The zero-order valence-electron chi connectivity index (χ0n) is 18.2. The molecule has 2 aromatic heterocycles. The second kappa shape index (κ2) is 9.03. The number of hydrogen-bond donors (Lipinski definition) is 1. The summed E-state index contributed by atoms with van der Waals surface area (Å²) >= 11 is 3.11. The van der Waals surface area contributed by atoms with Crippen molar-refractivity contribution in [1.82, 2.24) is 19.7 Å². The summed E-state index contributed by atoms with van der Waals surface area (Å²) in [6, 6.07) is 14.2. The fourth-order valence-corrected chi connectivity index (χ4v) is 5.96. The van der Waals surface area contributed by atoms with Crippen molar-refractivity contribution in [3.8, 4) is 10.6 Å². The van der Waals surface area contributed by atoms with Crippen molar-refractivity contribution < 1.29 is 4.79 Å². The molecule has 0 bridgehead atoms. The van der Waals surface area contributed by atoms with Gasteiger partial charge in [-0.2, -0.15) is 0 Å². The Morgan fingerprint density at radius 1 is 1.16 bits per heavy atom. The van der Waals surface area contributed by atoms with Gasteiger partial charge in [0.05, 0.1) is 16.0 Å². The summed E-state index contributed by atoms with van der Waals surface area (Å²) in [5.41, 5.74) is 4.08. The molecule has 4 aromatic rings.